The van der Waals surface area contributed by atoms with Crippen molar-refractivity contribution in [3.8, 4) is 0 Å². The zero-order valence-corrected chi connectivity index (χ0v) is 19.1. The number of nitrogens with one attached hydrogen (secondary N) is 1. The molecule has 0 bridgehead atoms. The van der Waals surface area contributed by atoms with Crippen LogP contribution in [-0.2, 0) is 0 Å². The lowest BCUT2D eigenvalue weighted by molar-refractivity contribution is 0.102. The molecule has 0 saturated heterocycles. The zero-order valence-electron chi connectivity index (χ0n) is 19.1. The fraction of sp³-hybridized carbons (Fsp3) is 0.565. The summed E-state index contributed by atoms with van der Waals surface area (Å²) in [6.45, 7) is 1.04. The highest BCUT2D eigenvalue weighted by atomic mass is 19.3. The van der Waals surface area contributed by atoms with Crippen LogP contribution >= 0.6 is 0 Å². The van der Waals surface area contributed by atoms with Gasteiger partial charge >= 0.3 is 0 Å². The van der Waals surface area contributed by atoms with Crippen LogP contribution in [0.3, 0.4) is 0 Å². The molecule has 3 aromatic rings. The fourth-order valence-corrected chi connectivity index (χ4v) is 4.65. The van der Waals surface area contributed by atoms with Crippen molar-refractivity contribution in [3.05, 3.63) is 35.9 Å². The smallest absolute Gasteiger partial charge is 0.284 e. The Balaban J connectivity index is 1.36. The van der Waals surface area contributed by atoms with Crippen molar-refractivity contribution < 1.29 is 18.7 Å². The van der Waals surface area contributed by atoms with E-state index < -0.39 is 18.0 Å². The first-order valence-corrected chi connectivity index (χ1v) is 11.8. The molecule has 0 radical (unpaired) electrons. The number of aromatic nitrogens is 5. The molecule has 5 rings (SSSR count). The molecule has 0 aromatic carbocycles. The van der Waals surface area contributed by atoms with Crippen molar-refractivity contribution in [2.24, 2.45) is 11.8 Å². The van der Waals surface area contributed by atoms with E-state index in [1.54, 1.807) is 6.20 Å². The zero-order chi connectivity index (χ0) is 23.8. The third-order valence-corrected chi connectivity index (χ3v) is 6.88. The van der Waals surface area contributed by atoms with Gasteiger partial charge in [-0.05, 0) is 56.4 Å². The maximum Gasteiger partial charge on any atom is 0.284 e. The Kier molecular flexibility index (Phi) is 6.20. The topological polar surface area (TPSA) is 101 Å². The van der Waals surface area contributed by atoms with Crippen LogP contribution in [0.15, 0.2) is 24.7 Å². The highest BCUT2D eigenvalue weighted by Crippen LogP contribution is 2.35. The fourth-order valence-electron chi connectivity index (χ4n) is 4.65. The predicted molar refractivity (Wildman–Crippen MR) is 122 cm³/mol. The van der Waals surface area contributed by atoms with Gasteiger partial charge in [0.15, 0.2) is 11.3 Å². The SMILES string of the molecule is CN(CC1CC1)c1ccn2ncc(C(=O)Nc3cn([C@H]4CC[C@H](CO)CC4)nc3C(F)F)c2n1. The van der Waals surface area contributed by atoms with Gasteiger partial charge in [0.1, 0.15) is 11.4 Å². The summed E-state index contributed by atoms with van der Waals surface area (Å²) in [6.07, 6.45) is 7.36. The van der Waals surface area contributed by atoms with Gasteiger partial charge < -0.3 is 15.3 Å². The van der Waals surface area contributed by atoms with E-state index in [-0.39, 0.29) is 29.8 Å². The minimum absolute atomic E-state index is 0.00867. The molecular weight excluding hydrogens is 444 g/mol. The molecule has 2 N–H and O–H groups in total. The monoisotopic (exact) mass is 473 g/mol. The molecule has 1 amide bonds. The third kappa shape index (κ3) is 4.61. The van der Waals surface area contributed by atoms with Gasteiger partial charge in [0.05, 0.1) is 17.9 Å². The van der Waals surface area contributed by atoms with E-state index in [1.807, 2.05) is 13.1 Å². The number of halogens is 2. The summed E-state index contributed by atoms with van der Waals surface area (Å²) in [5.41, 5.74) is 0.113. The molecule has 0 unspecified atom stereocenters. The van der Waals surface area contributed by atoms with E-state index in [0.717, 1.165) is 38.0 Å². The van der Waals surface area contributed by atoms with Crippen molar-refractivity contribution in [1.82, 2.24) is 24.4 Å². The Labute approximate surface area is 195 Å². The van der Waals surface area contributed by atoms with E-state index in [9.17, 15) is 18.7 Å². The van der Waals surface area contributed by atoms with Crippen LogP contribution in [0.4, 0.5) is 20.3 Å². The van der Waals surface area contributed by atoms with Gasteiger partial charge in [0.25, 0.3) is 12.3 Å². The van der Waals surface area contributed by atoms with Crippen molar-refractivity contribution in [2.75, 3.05) is 30.4 Å². The highest BCUT2D eigenvalue weighted by molar-refractivity contribution is 6.08. The molecule has 3 heterocycles. The molecule has 34 heavy (non-hydrogen) atoms. The molecule has 2 saturated carbocycles. The van der Waals surface area contributed by atoms with Crippen LogP contribution in [-0.4, -0.2) is 55.6 Å². The average molecular weight is 474 g/mol. The number of fused-ring (bicyclic) bond motifs is 1. The number of nitrogens with zero attached hydrogens (tertiary/aromatic N) is 6. The van der Waals surface area contributed by atoms with E-state index >= 15 is 0 Å². The van der Waals surface area contributed by atoms with E-state index in [4.69, 9.17) is 0 Å². The number of alkyl halides is 2. The molecule has 0 atom stereocenters. The second-order valence-corrected chi connectivity index (χ2v) is 9.46. The Morgan fingerprint density at radius 3 is 2.65 bits per heavy atom. The minimum Gasteiger partial charge on any atom is -0.396 e. The number of aliphatic hydroxyl groups is 1. The normalized spacial score (nSPS) is 20.7. The molecule has 2 fully saturated rings. The minimum atomic E-state index is -2.82. The lowest BCUT2D eigenvalue weighted by Gasteiger charge is -2.27. The first-order chi connectivity index (χ1) is 16.4. The van der Waals surface area contributed by atoms with Gasteiger partial charge in [0, 0.05) is 32.6 Å². The van der Waals surface area contributed by atoms with Crippen LogP contribution < -0.4 is 10.2 Å². The van der Waals surface area contributed by atoms with Gasteiger partial charge in [0.2, 0.25) is 0 Å². The first kappa shape index (κ1) is 22.7. The number of aliphatic hydroxyl groups excluding tert-OH is 1. The number of anilines is 2. The van der Waals surface area contributed by atoms with Gasteiger partial charge in [-0.25, -0.2) is 18.3 Å². The number of hydrogen-bond acceptors (Lipinski definition) is 6. The van der Waals surface area contributed by atoms with Crippen LogP contribution in [0.2, 0.25) is 0 Å². The standard InChI is InChI=1S/C23H29F2N7O2/c1-30(11-14-2-3-14)19-8-9-31-22(28-19)17(10-26-31)23(34)27-18-12-32(29-20(18)21(24)25)16-6-4-15(13-33)5-7-16/h8-10,12,14-16,21,33H,2-7,11,13H2,1H3,(H,27,34)/t15-,16-. The molecule has 0 aliphatic heterocycles. The van der Waals surface area contributed by atoms with Crippen LogP contribution in [0, 0.1) is 11.8 Å². The average Bonchev–Trinajstić information content (AvgIpc) is 3.39. The number of hydrogen-bond donors (Lipinski definition) is 2. The lowest BCUT2D eigenvalue weighted by atomic mass is 9.87. The van der Waals surface area contributed by atoms with Crippen molar-refractivity contribution >= 4 is 23.1 Å². The Bertz CT molecular complexity index is 1170. The summed E-state index contributed by atoms with van der Waals surface area (Å²) in [5, 5.41) is 20.2. The summed E-state index contributed by atoms with van der Waals surface area (Å²) in [6, 6.07) is 1.81. The Hall–Kier alpha value is -3.08. The van der Waals surface area contributed by atoms with Crippen LogP contribution in [0.5, 0.6) is 0 Å². The quantitative estimate of drug-likeness (QED) is 0.518. The van der Waals surface area contributed by atoms with Crippen LogP contribution in [0.25, 0.3) is 5.65 Å². The molecule has 182 valence electrons. The molecule has 3 aromatic heterocycles. The van der Waals surface area contributed by atoms with E-state index in [0.29, 0.717) is 11.6 Å². The molecule has 2 aliphatic carbocycles. The van der Waals surface area contributed by atoms with Crippen molar-refractivity contribution in [1.29, 1.82) is 0 Å². The number of amides is 1. The van der Waals surface area contributed by atoms with Crippen molar-refractivity contribution in [3.63, 3.8) is 0 Å². The summed E-state index contributed by atoms with van der Waals surface area (Å²) >= 11 is 0. The van der Waals surface area contributed by atoms with Gasteiger partial charge in [-0.15, -0.1) is 0 Å². The summed E-state index contributed by atoms with van der Waals surface area (Å²) in [4.78, 5) is 19.7. The molecule has 11 heteroatoms. The van der Waals surface area contributed by atoms with E-state index in [2.05, 4.69) is 25.4 Å². The Morgan fingerprint density at radius 2 is 1.97 bits per heavy atom. The maximum atomic E-state index is 13.7. The van der Waals surface area contributed by atoms with Gasteiger partial charge in [-0.1, -0.05) is 0 Å². The first-order valence-electron chi connectivity index (χ1n) is 11.8. The molecule has 0 spiro atoms. The highest BCUT2D eigenvalue weighted by Gasteiger charge is 2.28. The van der Waals surface area contributed by atoms with Crippen molar-refractivity contribution in [2.45, 2.75) is 51.0 Å². The van der Waals surface area contributed by atoms with Gasteiger partial charge in [-0.3, -0.25) is 9.48 Å². The van der Waals surface area contributed by atoms with Gasteiger partial charge in [-0.2, -0.15) is 10.2 Å². The lowest BCUT2D eigenvalue weighted by Crippen LogP contribution is -2.21. The third-order valence-electron chi connectivity index (χ3n) is 6.88. The molecular formula is C23H29F2N7O2. The summed E-state index contributed by atoms with van der Waals surface area (Å²) in [5.74, 6) is 1.10. The number of carbonyl (C=O) groups is 1. The number of carbonyl (C=O) groups excluding carboxylic acids is 1. The molecule has 2 aliphatic rings. The number of rotatable bonds is 8. The summed E-state index contributed by atoms with van der Waals surface area (Å²) in [7, 11) is 1.96. The molecule has 9 nitrogen and oxygen atoms in total. The predicted octanol–water partition coefficient (Wildman–Crippen LogP) is 3.69. The second-order valence-electron chi connectivity index (χ2n) is 9.46. The second kappa shape index (κ2) is 9.28. The largest absolute Gasteiger partial charge is 0.396 e. The Morgan fingerprint density at radius 1 is 1.24 bits per heavy atom. The maximum absolute atomic E-state index is 13.7. The summed E-state index contributed by atoms with van der Waals surface area (Å²) < 4.78 is 30.5. The van der Waals surface area contributed by atoms with Crippen LogP contribution in [0.1, 0.15) is 67.0 Å². The van der Waals surface area contributed by atoms with E-state index in [1.165, 1.54) is 34.4 Å².